The number of rotatable bonds is 3. The summed E-state index contributed by atoms with van der Waals surface area (Å²) in [4.78, 5) is 21.2. The first-order chi connectivity index (χ1) is 14.9. The van der Waals surface area contributed by atoms with Gasteiger partial charge in [0.2, 0.25) is 11.9 Å². The van der Waals surface area contributed by atoms with Crippen molar-refractivity contribution in [2.75, 3.05) is 11.9 Å². The van der Waals surface area contributed by atoms with Gasteiger partial charge in [0.05, 0.1) is 17.6 Å². The predicted octanol–water partition coefficient (Wildman–Crippen LogP) is 2.52. The van der Waals surface area contributed by atoms with E-state index in [-0.39, 0.29) is 29.5 Å². The molecule has 1 amide bonds. The number of aromatic nitrogens is 6. The van der Waals surface area contributed by atoms with Crippen LogP contribution < -0.4 is 10.6 Å². The zero-order valence-corrected chi connectivity index (χ0v) is 17.6. The second-order valence-corrected chi connectivity index (χ2v) is 8.21. The summed E-state index contributed by atoms with van der Waals surface area (Å²) in [5, 5.41) is 14.9. The third-order valence-electron chi connectivity index (χ3n) is 5.64. The van der Waals surface area contributed by atoms with E-state index in [1.165, 1.54) is 10.6 Å². The van der Waals surface area contributed by atoms with Crippen LogP contribution in [0.3, 0.4) is 0 Å². The van der Waals surface area contributed by atoms with Crippen LogP contribution in [0.15, 0.2) is 24.5 Å². The van der Waals surface area contributed by atoms with E-state index in [1.807, 2.05) is 26.1 Å². The van der Waals surface area contributed by atoms with Crippen LogP contribution in [0, 0.1) is 25.6 Å². The Morgan fingerprint density at radius 3 is 2.77 bits per heavy atom. The molecule has 2 N–H and O–H groups in total. The number of nitrogens with zero attached hydrogens (tertiary/aromatic N) is 6. The molecular weight excluding hydrogens is 399 g/mol. The van der Waals surface area contributed by atoms with Crippen molar-refractivity contribution in [3.63, 3.8) is 0 Å². The Hall–Kier alpha value is -3.40. The van der Waals surface area contributed by atoms with Crippen LogP contribution in [-0.4, -0.2) is 47.7 Å². The maximum absolute atomic E-state index is 14.8. The van der Waals surface area contributed by atoms with Crippen LogP contribution in [-0.2, 0) is 4.79 Å². The van der Waals surface area contributed by atoms with Gasteiger partial charge < -0.3 is 5.32 Å². The SMILES string of the molecule is Cc1cn2nc(-c3cc(F)c4nc(NC(=O)C5CCNC(C)C5)nn4c3)cc(C)c2n1. The van der Waals surface area contributed by atoms with Crippen LogP contribution in [0.2, 0.25) is 0 Å². The van der Waals surface area contributed by atoms with E-state index in [2.05, 4.69) is 37.7 Å². The number of imidazole rings is 1. The Morgan fingerprint density at radius 2 is 1.97 bits per heavy atom. The number of hydrogen-bond donors (Lipinski definition) is 2. The third kappa shape index (κ3) is 3.63. The lowest BCUT2D eigenvalue weighted by atomic mass is 9.92. The fourth-order valence-electron chi connectivity index (χ4n) is 4.11. The molecule has 9 nitrogen and oxygen atoms in total. The summed E-state index contributed by atoms with van der Waals surface area (Å²) in [7, 11) is 0. The van der Waals surface area contributed by atoms with Gasteiger partial charge in [0.15, 0.2) is 17.1 Å². The molecule has 0 radical (unpaired) electrons. The Kier molecular flexibility index (Phi) is 4.66. The molecule has 0 bridgehead atoms. The average molecular weight is 422 g/mol. The smallest absolute Gasteiger partial charge is 0.249 e. The summed E-state index contributed by atoms with van der Waals surface area (Å²) < 4.78 is 17.8. The molecule has 5 heterocycles. The second-order valence-electron chi connectivity index (χ2n) is 8.21. The summed E-state index contributed by atoms with van der Waals surface area (Å²) in [6.45, 7) is 6.68. The van der Waals surface area contributed by atoms with Crippen LogP contribution in [0.4, 0.5) is 10.3 Å². The second kappa shape index (κ2) is 7.38. The number of hydrogen-bond acceptors (Lipinski definition) is 6. The number of halogens is 1. The summed E-state index contributed by atoms with van der Waals surface area (Å²) in [5.41, 5.74) is 3.75. The zero-order valence-electron chi connectivity index (χ0n) is 17.6. The number of fused-ring (bicyclic) bond motifs is 2. The van der Waals surface area contributed by atoms with E-state index in [0.717, 1.165) is 36.3 Å². The topological polar surface area (TPSA) is 102 Å². The molecule has 2 atom stereocenters. The first-order valence-corrected chi connectivity index (χ1v) is 10.3. The minimum Gasteiger partial charge on any atom is -0.314 e. The van der Waals surface area contributed by atoms with Gasteiger partial charge in [-0.15, -0.1) is 5.10 Å². The monoisotopic (exact) mass is 422 g/mol. The number of carbonyl (C=O) groups is 1. The number of anilines is 1. The van der Waals surface area contributed by atoms with Crippen molar-refractivity contribution in [2.24, 2.45) is 5.92 Å². The molecule has 0 aliphatic carbocycles. The standard InChI is InChI=1S/C21H23FN8O/c1-11-6-17(27-29-9-13(3)24-18(11)29)15-8-16(22)19-25-21(28-30(19)10-15)26-20(31)14-4-5-23-12(2)7-14/h6,8-10,12,14,23H,4-5,7H2,1-3H3,(H,26,28,31). The molecule has 1 aliphatic heterocycles. The lowest BCUT2D eigenvalue weighted by Crippen LogP contribution is -2.40. The number of nitrogens with one attached hydrogen (secondary N) is 2. The normalized spacial score (nSPS) is 19.2. The lowest BCUT2D eigenvalue weighted by molar-refractivity contribution is -0.120. The number of aryl methyl sites for hydroxylation is 2. The van der Waals surface area contributed by atoms with Gasteiger partial charge in [-0.1, -0.05) is 0 Å². The van der Waals surface area contributed by atoms with E-state index < -0.39 is 5.82 Å². The predicted molar refractivity (Wildman–Crippen MR) is 113 cm³/mol. The number of carbonyl (C=O) groups excluding carboxylic acids is 1. The summed E-state index contributed by atoms with van der Waals surface area (Å²) in [5.74, 6) is -0.691. The molecule has 1 aliphatic rings. The minimum absolute atomic E-state index is 0.0500. The van der Waals surface area contributed by atoms with Crippen LogP contribution in [0.1, 0.15) is 31.0 Å². The van der Waals surface area contributed by atoms with Crippen LogP contribution in [0.25, 0.3) is 22.6 Å². The lowest BCUT2D eigenvalue weighted by Gasteiger charge is -2.26. The Bertz CT molecular complexity index is 1310. The van der Waals surface area contributed by atoms with Crippen molar-refractivity contribution in [1.82, 2.24) is 34.5 Å². The molecule has 160 valence electrons. The van der Waals surface area contributed by atoms with Crippen LogP contribution >= 0.6 is 0 Å². The molecule has 5 rings (SSSR count). The molecule has 1 fully saturated rings. The third-order valence-corrected chi connectivity index (χ3v) is 5.64. The number of amides is 1. The number of pyridine rings is 1. The van der Waals surface area contributed by atoms with Crippen molar-refractivity contribution in [1.29, 1.82) is 0 Å². The van der Waals surface area contributed by atoms with E-state index in [4.69, 9.17) is 0 Å². The fraction of sp³-hybridized carbons (Fsp3) is 0.381. The molecule has 0 spiro atoms. The van der Waals surface area contributed by atoms with Gasteiger partial charge >= 0.3 is 0 Å². The maximum atomic E-state index is 14.8. The maximum Gasteiger partial charge on any atom is 0.249 e. The van der Waals surface area contributed by atoms with E-state index in [0.29, 0.717) is 11.3 Å². The van der Waals surface area contributed by atoms with E-state index in [1.54, 1.807) is 10.7 Å². The molecule has 4 aromatic rings. The molecule has 31 heavy (non-hydrogen) atoms. The van der Waals surface area contributed by atoms with Crippen molar-refractivity contribution in [2.45, 2.75) is 39.7 Å². The zero-order chi connectivity index (χ0) is 21.7. The highest BCUT2D eigenvalue weighted by Crippen LogP contribution is 2.24. The summed E-state index contributed by atoms with van der Waals surface area (Å²) in [6.07, 6.45) is 4.98. The first kappa shape index (κ1) is 19.6. The highest BCUT2D eigenvalue weighted by molar-refractivity contribution is 5.91. The summed E-state index contributed by atoms with van der Waals surface area (Å²) >= 11 is 0. The van der Waals surface area contributed by atoms with Crippen molar-refractivity contribution in [3.8, 4) is 11.3 Å². The number of piperidine rings is 1. The quantitative estimate of drug-likeness (QED) is 0.526. The highest BCUT2D eigenvalue weighted by Gasteiger charge is 2.26. The fourth-order valence-corrected chi connectivity index (χ4v) is 4.11. The largest absolute Gasteiger partial charge is 0.314 e. The highest BCUT2D eigenvalue weighted by atomic mass is 19.1. The summed E-state index contributed by atoms with van der Waals surface area (Å²) in [6, 6.07) is 3.52. The Labute approximate surface area is 177 Å². The minimum atomic E-state index is -0.539. The van der Waals surface area contributed by atoms with E-state index >= 15 is 0 Å². The molecule has 1 saturated heterocycles. The molecule has 2 unspecified atom stereocenters. The first-order valence-electron chi connectivity index (χ1n) is 10.3. The molecule has 4 aromatic heterocycles. The van der Waals surface area contributed by atoms with Gasteiger partial charge in [0, 0.05) is 23.7 Å². The van der Waals surface area contributed by atoms with Gasteiger partial charge in [0.25, 0.3) is 0 Å². The van der Waals surface area contributed by atoms with Crippen LogP contribution in [0.5, 0.6) is 0 Å². The Balaban J connectivity index is 1.46. The Morgan fingerprint density at radius 1 is 1.16 bits per heavy atom. The van der Waals surface area contributed by atoms with Gasteiger partial charge in [-0.2, -0.15) is 10.1 Å². The molecule has 0 aromatic carbocycles. The molecular formula is C21H23FN8O. The van der Waals surface area contributed by atoms with Crippen molar-refractivity contribution < 1.29 is 9.18 Å². The van der Waals surface area contributed by atoms with Gasteiger partial charge in [-0.3, -0.25) is 10.1 Å². The average Bonchev–Trinajstić information content (AvgIpc) is 3.30. The van der Waals surface area contributed by atoms with Crippen molar-refractivity contribution in [3.05, 3.63) is 41.6 Å². The molecule has 10 heteroatoms. The van der Waals surface area contributed by atoms with Gasteiger partial charge in [-0.25, -0.2) is 18.4 Å². The van der Waals surface area contributed by atoms with Gasteiger partial charge in [-0.05, 0) is 57.9 Å². The van der Waals surface area contributed by atoms with Crippen molar-refractivity contribution >= 4 is 23.1 Å². The molecule has 0 saturated carbocycles. The van der Waals surface area contributed by atoms with Gasteiger partial charge in [0.1, 0.15) is 0 Å². The van der Waals surface area contributed by atoms with E-state index in [9.17, 15) is 9.18 Å².